The van der Waals surface area contributed by atoms with Crippen LogP contribution in [0.5, 0.6) is 0 Å². The molecule has 0 amide bonds. The van der Waals surface area contributed by atoms with E-state index < -0.39 is 0 Å². The minimum absolute atomic E-state index is 0.416. The molecule has 0 saturated carbocycles. The van der Waals surface area contributed by atoms with E-state index in [1.54, 1.807) is 10.9 Å². The highest BCUT2D eigenvalue weighted by Crippen LogP contribution is 2.23. The average Bonchev–Trinajstić information content (AvgIpc) is 3.28. The van der Waals surface area contributed by atoms with E-state index in [2.05, 4.69) is 31.2 Å². The van der Waals surface area contributed by atoms with Gasteiger partial charge in [-0.05, 0) is 36.5 Å². The predicted octanol–water partition coefficient (Wildman–Crippen LogP) is 5.51. The summed E-state index contributed by atoms with van der Waals surface area (Å²) in [4.78, 5) is 0. The van der Waals surface area contributed by atoms with E-state index >= 15 is 0 Å². The number of hydrogen-bond acceptors (Lipinski definition) is 4. The molecule has 0 radical (unpaired) electrons. The molecule has 26 heavy (non-hydrogen) atoms. The van der Waals surface area contributed by atoms with Gasteiger partial charge in [0.25, 0.3) is 0 Å². The molecule has 1 N–H and O–H groups in total. The zero-order valence-electron chi connectivity index (χ0n) is 13.5. The maximum atomic E-state index is 5.85. The third-order valence-corrected chi connectivity index (χ3v) is 4.53. The first-order chi connectivity index (χ1) is 12.7. The summed E-state index contributed by atoms with van der Waals surface area (Å²) in [7, 11) is 0. The van der Waals surface area contributed by atoms with Crippen molar-refractivity contribution in [2.45, 2.75) is 0 Å². The predicted molar refractivity (Wildman–Crippen MR) is 108 cm³/mol. The second-order valence-corrected chi connectivity index (χ2v) is 6.79. The zero-order valence-corrected chi connectivity index (χ0v) is 15.9. The lowest BCUT2D eigenvalue weighted by molar-refractivity contribution is 0.574. The van der Waals surface area contributed by atoms with Crippen molar-refractivity contribution in [1.82, 2.24) is 14.9 Å². The minimum atomic E-state index is 0.416. The van der Waals surface area contributed by atoms with Gasteiger partial charge in [-0.25, -0.2) is 5.10 Å². The Kier molecular flexibility index (Phi) is 4.64. The fraction of sp³-hybridized carbons (Fsp3) is 0. The van der Waals surface area contributed by atoms with Gasteiger partial charge in [-0.2, -0.15) is 14.9 Å². The van der Waals surface area contributed by atoms with Gasteiger partial charge in [0, 0.05) is 15.6 Å². The van der Waals surface area contributed by atoms with Crippen LogP contribution in [0.15, 0.2) is 80.7 Å². The molecule has 0 fully saturated rings. The molecule has 0 unspecified atom stereocenters. The highest BCUT2D eigenvalue weighted by atomic mass is 79.9. The molecule has 0 bridgehead atoms. The van der Waals surface area contributed by atoms with Crippen LogP contribution in [-0.2, 0) is 0 Å². The summed E-state index contributed by atoms with van der Waals surface area (Å²) >= 11 is 8.71. The lowest BCUT2D eigenvalue weighted by Gasteiger charge is -2.00. The number of H-pyrrole nitrogens is 1. The molecule has 7 heteroatoms. The molecule has 0 spiro atoms. The molecule has 0 aliphatic carbocycles. The van der Waals surface area contributed by atoms with Gasteiger partial charge in [0.05, 0.1) is 6.21 Å². The summed E-state index contributed by atoms with van der Waals surface area (Å²) in [6.07, 6.45) is 1.63. The van der Waals surface area contributed by atoms with Crippen LogP contribution in [0.4, 0.5) is 0 Å². The van der Waals surface area contributed by atoms with Crippen LogP contribution in [0, 0.1) is 4.77 Å². The van der Waals surface area contributed by atoms with Crippen molar-refractivity contribution in [2.24, 2.45) is 5.10 Å². The number of halogens is 1. The molecular weight excluding hydrogens is 412 g/mol. The molecule has 0 atom stereocenters. The molecule has 0 saturated heterocycles. The third kappa shape index (κ3) is 3.44. The van der Waals surface area contributed by atoms with Crippen LogP contribution < -0.4 is 0 Å². The molecule has 4 aromatic rings. The molecule has 2 aromatic heterocycles. The fourth-order valence-corrected chi connectivity index (χ4v) is 2.92. The minimum Gasteiger partial charge on any atom is -0.455 e. The Balaban J connectivity index is 1.63. The van der Waals surface area contributed by atoms with Crippen molar-refractivity contribution in [1.29, 1.82) is 0 Å². The summed E-state index contributed by atoms with van der Waals surface area (Å²) in [6.45, 7) is 0. The second-order valence-electron chi connectivity index (χ2n) is 5.48. The summed E-state index contributed by atoms with van der Waals surface area (Å²) in [6, 6.07) is 21.5. The Bertz CT molecular complexity index is 1110. The highest BCUT2D eigenvalue weighted by Gasteiger charge is 2.08. The summed E-state index contributed by atoms with van der Waals surface area (Å²) < 4.78 is 8.87. The lowest BCUT2D eigenvalue weighted by atomic mass is 10.2. The quantitative estimate of drug-likeness (QED) is 0.346. The maximum absolute atomic E-state index is 5.85. The number of nitrogens with one attached hydrogen (secondary N) is 1. The van der Waals surface area contributed by atoms with E-state index in [1.807, 2.05) is 66.7 Å². The van der Waals surface area contributed by atoms with Crippen LogP contribution in [0.25, 0.3) is 22.7 Å². The van der Waals surface area contributed by atoms with Gasteiger partial charge >= 0.3 is 0 Å². The average molecular weight is 425 g/mol. The number of aromatic amines is 1. The van der Waals surface area contributed by atoms with E-state index in [1.165, 1.54) is 0 Å². The maximum Gasteiger partial charge on any atom is 0.216 e. The Morgan fingerprint density at radius 1 is 1.00 bits per heavy atom. The van der Waals surface area contributed by atoms with Gasteiger partial charge in [-0.15, -0.1) is 0 Å². The Morgan fingerprint density at radius 3 is 2.54 bits per heavy atom. The van der Waals surface area contributed by atoms with Crippen molar-refractivity contribution < 1.29 is 4.42 Å². The largest absolute Gasteiger partial charge is 0.455 e. The van der Waals surface area contributed by atoms with Crippen LogP contribution in [-0.4, -0.2) is 21.1 Å². The standard InChI is InChI=1S/C19H13BrN4OS/c20-15-8-6-13(7-9-15)17-11-10-16(25-17)12-21-24-18(22-23-19(24)26)14-4-2-1-3-5-14/h1-12H,(H,23,26). The van der Waals surface area contributed by atoms with Crippen molar-refractivity contribution in [3.8, 4) is 22.7 Å². The van der Waals surface area contributed by atoms with E-state index in [0.29, 0.717) is 16.4 Å². The van der Waals surface area contributed by atoms with E-state index in [9.17, 15) is 0 Å². The zero-order chi connectivity index (χ0) is 17.9. The van der Waals surface area contributed by atoms with E-state index in [-0.39, 0.29) is 0 Å². The summed E-state index contributed by atoms with van der Waals surface area (Å²) in [5.41, 5.74) is 1.92. The number of aromatic nitrogens is 3. The number of furan rings is 1. The van der Waals surface area contributed by atoms with Crippen LogP contribution in [0.3, 0.4) is 0 Å². The Hall–Kier alpha value is -2.77. The van der Waals surface area contributed by atoms with Gasteiger partial charge in [0.2, 0.25) is 4.77 Å². The first kappa shape index (κ1) is 16.7. The summed E-state index contributed by atoms with van der Waals surface area (Å²) in [5, 5.41) is 11.5. The van der Waals surface area contributed by atoms with Crippen molar-refractivity contribution >= 4 is 34.4 Å². The SMILES string of the molecule is S=c1[nH]nc(-c2ccccc2)n1N=Cc1ccc(-c2ccc(Br)cc2)o1. The van der Waals surface area contributed by atoms with Crippen molar-refractivity contribution in [3.05, 3.63) is 81.7 Å². The number of rotatable bonds is 4. The monoisotopic (exact) mass is 424 g/mol. The first-order valence-corrected chi connectivity index (χ1v) is 9.04. The van der Waals surface area contributed by atoms with Gasteiger partial charge in [-0.1, -0.05) is 58.4 Å². The Labute approximate surface area is 163 Å². The Morgan fingerprint density at radius 2 is 1.77 bits per heavy atom. The molecule has 0 aliphatic rings. The van der Waals surface area contributed by atoms with Crippen LogP contribution in [0.2, 0.25) is 0 Å². The van der Waals surface area contributed by atoms with Gasteiger partial charge < -0.3 is 4.42 Å². The van der Waals surface area contributed by atoms with E-state index in [4.69, 9.17) is 16.6 Å². The normalized spacial score (nSPS) is 11.3. The number of benzene rings is 2. The number of hydrogen-bond donors (Lipinski definition) is 1. The molecule has 4 rings (SSSR count). The molecule has 0 aliphatic heterocycles. The molecule has 5 nitrogen and oxygen atoms in total. The fourth-order valence-electron chi connectivity index (χ4n) is 2.48. The van der Waals surface area contributed by atoms with Gasteiger partial charge in [0.15, 0.2) is 5.82 Å². The third-order valence-electron chi connectivity index (χ3n) is 3.74. The molecule has 128 valence electrons. The van der Waals surface area contributed by atoms with Crippen molar-refractivity contribution in [3.63, 3.8) is 0 Å². The van der Waals surface area contributed by atoms with Crippen LogP contribution >= 0.6 is 28.1 Å². The molecule has 2 aromatic carbocycles. The van der Waals surface area contributed by atoms with Crippen molar-refractivity contribution in [2.75, 3.05) is 0 Å². The topological polar surface area (TPSA) is 59.1 Å². The number of nitrogens with zero attached hydrogens (tertiary/aromatic N) is 3. The van der Waals surface area contributed by atoms with E-state index in [0.717, 1.165) is 21.4 Å². The molecule has 2 heterocycles. The first-order valence-electron chi connectivity index (χ1n) is 7.84. The highest BCUT2D eigenvalue weighted by molar-refractivity contribution is 9.10. The lowest BCUT2D eigenvalue weighted by Crippen LogP contribution is -1.94. The van der Waals surface area contributed by atoms with Gasteiger partial charge in [-0.3, -0.25) is 0 Å². The molecular formula is C19H13BrN4OS. The van der Waals surface area contributed by atoms with Gasteiger partial charge in [0.1, 0.15) is 11.5 Å². The smallest absolute Gasteiger partial charge is 0.216 e. The van der Waals surface area contributed by atoms with Crippen LogP contribution in [0.1, 0.15) is 5.76 Å². The second kappa shape index (κ2) is 7.23. The summed E-state index contributed by atoms with van der Waals surface area (Å²) in [5.74, 6) is 2.05.